The van der Waals surface area contributed by atoms with Gasteiger partial charge in [0.1, 0.15) is 10.6 Å². The van der Waals surface area contributed by atoms with Gasteiger partial charge in [0, 0.05) is 12.6 Å². The fraction of sp³-hybridized carbons (Fsp3) is 0.538. The van der Waals surface area contributed by atoms with Gasteiger partial charge < -0.3 is 4.90 Å². The van der Waals surface area contributed by atoms with E-state index >= 15 is 0 Å². The minimum Gasteiger partial charge on any atom is -0.353 e. The number of anilines is 2. The van der Waals surface area contributed by atoms with Crippen LogP contribution in [0.3, 0.4) is 0 Å². The molecule has 2 aromatic heterocycles. The number of nitrogen functional groups attached to an aromatic ring is 1. The lowest BCUT2D eigenvalue weighted by molar-refractivity contribution is 0.567. The molecule has 0 saturated heterocycles. The van der Waals surface area contributed by atoms with Crippen molar-refractivity contribution in [2.45, 2.75) is 33.7 Å². The maximum Gasteiger partial charge on any atom is 0.240 e. The second-order valence-corrected chi connectivity index (χ2v) is 6.19. The van der Waals surface area contributed by atoms with Gasteiger partial charge >= 0.3 is 0 Å². The van der Waals surface area contributed by atoms with E-state index in [1.807, 2.05) is 5.38 Å². The van der Waals surface area contributed by atoms with Gasteiger partial charge in [-0.2, -0.15) is 4.98 Å². The van der Waals surface area contributed by atoms with Crippen molar-refractivity contribution in [1.29, 1.82) is 0 Å². The first-order valence-corrected chi connectivity index (χ1v) is 7.39. The number of aromatic nitrogens is 2. The summed E-state index contributed by atoms with van der Waals surface area (Å²) in [5.41, 5.74) is 2.55. The van der Waals surface area contributed by atoms with Crippen LogP contribution in [0.5, 0.6) is 0 Å². The molecule has 0 unspecified atom stereocenters. The van der Waals surface area contributed by atoms with Crippen LogP contribution in [0.15, 0.2) is 11.4 Å². The van der Waals surface area contributed by atoms with E-state index in [-0.39, 0.29) is 0 Å². The molecule has 104 valence electrons. The zero-order chi connectivity index (χ0) is 14.0. The molecule has 0 bridgehead atoms. The predicted octanol–water partition coefficient (Wildman–Crippen LogP) is 2.85. The smallest absolute Gasteiger partial charge is 0.240 e. The highest BCUT2D eigenvalue weighted by Crippen LogP contribution is 2.30. The van der Waals surface area contributed by atoms with Crippen LogP contribution in [0.25, 0.3) is 10.2 Å². The van der Waals surface area contributed by atoms with Gasteiger partial charge in [-0.25, -0.2) is 10.8 Å². The number of rotatable bonds is 5. The van der Waals surface area contributed by atoms with E-state index in [2.05, 4.69) is 54.1 Å². The van der Waals surface area contributed by atoms with Crippen LogP contribution in [0.1, 0.15) is 27.7 Å². The fourth-order valence-electron chi connectivity index (χ4n) is 2.06. The Morgan fingerprint density at radius 3 is 2.63 bits per heavy atom. The van der Waals surface area contributed by atoms with Crippen LogP contribution in [0.4, 0.5) is 11.8 Å². The van der Waals surface area contributed by atoms with Crippen molar-refractivity contribution in [3.05, 3.63) is 11.4 Å². The van der Waals surface area contributed by atoms with E-state index in [0.717, 1.165) is 22.6 Å². The molecule has 0 aromatic carbocycles. The van der Waals surface area contributed by atoms with E-state index < -0.39 is 0 Å². The van der Waals surface area contributed by atoms with E-state index in [4.69, 9.17) is 5.84 Å². The minimum atomic E-state index is 0.381. The molecule has 0 aliphatic heterocycles. The molecule has 0 aliphatic rings. The zero-order valence-corrected chi connectivity index (χ0v) is 12.7. The molecule has 0 saturated carbocycles. The van der Waals surface area contributed by atoms with E-state index in [1.54, 1.807) is 11.3 Å². The van der Waals surface area contributed by atoms with Crippen molar-refractivity contribution < 1.29 is 0 Å². The van der Waals surface area contributed by atoms with Gasteiger partial charge in [0.05, 0.1) is 5.39 Å². The maximum atomic E-state index is 5.47. The molecule has 5 nitrogen and oxygen atoms in total. The topological polar surface area (TPSA) is 67.1 Å². The summed E-state index contributed by atoms with van der Waals surface area (Å²) in [7, 11) is 0. The Bertz CT molecular complexity index is 549. The molecule has 0 atom stereocenters. The van der Waals surface area contributed by atoms with Gasteiger partial charge in [-0.05, 0) is 31.2 Å². The van der Waals surface area contributed by atoms with Crippen molar-refractivity contribution >= 4 is 33.3 Å². The molecule has 3 N–H and O–H groups in total. The highest BCUT2D eigenvalue weighted by molar-refractivity contribution is 7.16. The van der Waals surface area contributed by atoms with Crippen LogP contribution in [0, 0.1) is 5.92 Å². The quantitative estimate of drug-likeness (QED) is 0.650. The molecule has 0 aliphatic carbocycles. The predicted molar refractivity (Wildman–Crippen MR) is 82.5 cm³/mol. The number of nitrogens with one attached hydrogen (secondary N) is 1. The van der Waals surface area contributed by atoms with Crippen LogP contribution >= 0.6 is 11.3 Å². The molecule has 0 fully saturated rings. The third-order valence-corrected chi connectivity index (χ3v) is 3.70. The lowest BCUT2D eigenvalue weighted by Crippen LogP contribution is -2.35. The highest BCUT2D eigenvalue weighted by atomic mass is 32.1. The SMILES string of the molecule is CC(C)CN(c1nc(NN)nc2sccc12)C(C)C. The van der Waals surface area contributed by atoms with Gasteiger partial charge in [0.25, 0.3) is 0 Å². The molecule has 6 heteroatoms. The Labute approximate surface area is 117 Å². The van der Waals surface area contributed by atoms with Crippen molar-refractivity contribution in [3.63, 3.8) is 0 Å². The van der Waals surface area contributed by atoms with Gasteiger partial charge in [0.15, 0.2) is 0 Å². The van der Waals surface area contributed by atoms with Gasteiger partial charge in [-0.3, -0.25) is 5.43 Å². The monoisotopic (exact) mass is 279 g/mol. The van der Waals surface area contributed by atoms with E-state index in [1.165, 1.54) is 0 Å². The van der Waals surface area contributed by atoms with Crippen molar-refractivity contribution in [2.24, 2.45) is 11.8 Å². The van der Waals surface area contributed by atoms with Crippen LogP contribution in [-0.2, 0) is 0 Å². The summed E-state index contributed by atoms with van der Waals surface area (Å²) in [5, 5.41) is 3.13. The first-order chi connectivity index (χ1) is 9.02. The molecular weight excluding hydrogens is 258 g/mol. The summed E-state index contributed by atoms with van der Waals surface area (Å²) in [6, 6.07) is 2.46. The molecule has 2 rings (SSSR count). The van der Waals surface area contributed by atoms with Crippen molar-refractivity contribution in [1.82, 2.24) is 9.97 Å². The standard InChI is InChI=1S/C13H21N5S/c1-8(2)7-18(9(3)4)11-10-5-6-19-12(10)16-13(15-11)17-14/h5-6,8-9H,7,14H2,1-4H3,(H,15,16,17). The molecule has 2 heterocycles. The number of hydrogen-bond donors (Lipinski definition) is 2. The Balaban J connectivity index is 2.53. The number of nitrogens with two attached hydrogens (primary N) is 1. The molecule has 2 aromatic rings. The molecule has 19 heavy (non-hydrogen) atoms. The average molecular weight is 279 g/mol. The normalized spacial score (nSPS) is 11.5. The number of hydrazine groups is 1. The number of hydrogen-bond acceptors (Lipinski definition) is 6. The Morgan fingerprint density at radius 1 is 1.32 bits per heavy atom. The number of fused-ring (bicyclic) bond motifs is 1. The largest absolute Gasteiger partial charge is 0.353 e. The molecule has 0 amide bonds. The van der Waals surface area contributed by atoms with Crippen LogP contribution in [0.2, 0.25) is 0 Å². The Morgan fingerprint density at radius 2 is 2.05 bits per heavy atom. The third-order valence-electron chi connectivity index (χ3n) is 2.89. The summed E-state index contributed by atoms with van der Waals surface area (Å²) >= 11 is 1.61. The summed E-state index contributed by atoms with van der Waals surface area (Å²) in [6.07, 6.45) is 0. The average Bonchev–Trinajstić information content (AvgIpc) is 2.82. The van der Waals surface area contributed by atoms with Crippen LogP contribution in [-0.4, -0.2) is 22.6 Å². The summed E-state index contributed by atoms with van der Waals surface area (Å²) in [6.45, 7) is 9.74. The third kappa shape index (κ3) is 2.96. The summed E-state index contributed by atoms with van der Waals surface area (Å²) in [4.78, 5) is 12.2. The van der Waals surface area contributed by atoms with E-state index in [0.29, 0.717) is 17.9 Å². The number of thiophene rings is 1. The van der Waals surface area contributed by atoms with Gasteiger partial charge in [0.2, 0.25) is 5.95 Å². The van der Waals surface area contributed by atoms with Crippen LogP contribution < -0.4 is 16.2 Å². The summed E-state index contributed by atoms with van der Waals surface area (Å²) in [5.74, 6) is 7.47. The zero-order valence-electron chi connectivity index (χ0n) is 11.8. The second kappa shape index (κ2) is 5.71. The minimum absolute atomic E-state index is 0.381. The molecular formula is C13H21N5S. The van der Waals surface area contributed by atoms with E-state index in [9.17, 15) is 0 Å². The molecule has 0 spiro atoms. The van der Waals surface area contributed by atoms with Crippen molar-refractivity contribution in [2.75, 3.05) is 16.9 Å². The second-order valence-electron chi connectivity index (χ2n) is 5.29. The maximum absolute atomic E-state index is 5.47. The lowest BCUT2D eigenvalue weighted by Gasteiger charge is -2.30. The molecule has 0 radical (unpaired) electrons. The summed E-state index contributed by atoms with van der Waals surface area (Å²) < 4.78 is 0. The number of nitrogens with zero attached hydrogens (tertiary/aromatic N) is 3. The fourth-order valence-corrected chi connectivity index (χ4v) is 2.82. The Hall–Kier alpha value is -1.40. The Kier molecular flexibility index (Phi) is 4.21. The lowest BCUT2D eigenvalue weighted by atomic mass is 10.1. The first kappa shape index (κ1) is 14.0. The first-order valence-electron chi connectivity index (χ1n) is 6.51. The van der Waals surface area contributed by atoms with Crippen molar-refractivity contribution in [3.8, 4) is 0 Å². The highest BCUT2D eigenvalue weighted by Gasteiger charge is 2.18. The van der Waals surface area contributed by atoms with Gasteiger partial charge in [-0.1, -0.05) is 13.8 Å². The van der Waals surface area contributed by atoms with Gasteiger partial charge in [-0.15, -0.1) is 11.3 Å².